The molecule has 1 aromatic heterocycles. The molecular weight excluding hydrogens is 287 g/mol. The second kappa shape index (κ2) is 4.98. The van der Waals surface area contributed by atoms with Crippen LogP contribution in [0.3, 0.4) is 0 Å². The lowest BCUT2D eigenvalue weighted by Crippen LogP contribution is -1.93. The van der Waals surface area contributed by atoms with Gasteiger partial charge in [-0.1, -0.05) is 0 Å². The fourth-order valence-electron chi connectivity index (χ4n) is 1.66. The molecule has 0 aliphatic carbocycles. The highest BCUT2D eigenvalue weighted by molar-refractivity contribution is 9.10. The molecule has 1 aromatic carbocycles. The second-order valence-corrected chi connectivity index (χ2v) is 4.46. The van der Waals surface area contributed by atoms with E-state index in [0.717, 1.165) is 21.7 Å². The molecule has 90 valence electrons. The number of nitrogens with zero attached hydrogens (tertiary/aromatic N) is 2. The predicted octanol–water partition coefficient (Wildman–Crippen LogP) is 2.52. The van der Waals surface area contributed by atoms with E-state index in [9.17, 15) is 4.39 Å². The summed E-state index contributed by atoms with van der Waals surface area (Å²) in [5.41, 5.74) is 1.65. The molecule has 0 spiro atoms. The van der Waals surface area contributed by atoms with Crippen molar-refractivity contribution in [2.75, 3.05) is 6.61 Å². The number of hydrogen-bond donors (Lipinski definition) is 1. The van der Waals surface area contributed by atoms with Gasteiger partial charge in [0.25, 0.3) is 0 Å². The molecule has 1 N–H and O–H groups in total. The van der Waals surface area contributed by atoms with E-state index >= 15 is 0 Å². The molecule has 0 radical (unpaired) electrons. The molecule has 5 heteroatoms. The fourth-order valence-corrected chi connectivity index (χ4v) is 2.11. The zero-order valence-electron chi connectivity index (χ0n) is 9.32. The molecule has 17 heavy (non-hydrogen) atoms. The van der Waals surface area contributed by atoms with Crippen LogP contribution in [0.5, 0.6) is 0 Å². The second-order valence-electron chi connectivity index (χ2n) is 3.71. The Labute approximate surface area is 107 Å². The van der Waals surface area contributed by atoms with Crippen LogP contribution < -0.4 is 0 Å². The van der Waals surface area contributed by atoms with Crippen LogP contribution in [0.2, 0.25) is 0 Å². The van der Waals surface area contributed by atoms with Gasteiger partial charge in [0.05, 0.1) is 5.69 Å². The monoisotopic (exact) mass is 298 g/mol. The molecule has 0 fully saturated rings. The standard InChI is InChI=1S/C12H12BrFN2O/c1-16-11(13)10(6-7-17)15-12(16)8-2-4-9(14)5-3-8/h2-5,17H,6-7H2,1H3. The van der Waals surface area contributed by atoms with Gasteiger partial charge in [-0.25, -0.2) is 9.37 Å². The Morgan fingerprint density at radius 1 is 1.35 bits per heavy atom. The average molecular weight is 299 g/mol. The molecule has 0 saturated carbocycles. The highest BCUT2D eigenvalue weighted by Crippen LogP contribution is 2.25. The fraction of sp³-hybridized carbons (Fsp3) is 0.250. The number of aliphatic hydroxyl groups is 1. The van der Waals surface area contributed by atoms with Gasteiger partial charge < -0.3 is 9.67 Å². The Hall–Kier alpha value is -1.20. The molecule has 1 heterocycles. The summed E-state index contributed by atoms with van der Waals surface area (Å²) in [7, 11) is 1.87. The normalized spacial score (nSPS) is 10.8. The largest absolute Gasteiger partial charge is 0.396 e. The molecular formula is C12H12BrFN2O. The first-order valence-electron chi connectivity index (χ1n) is 5.21. The summed E-state index contributed by atoms with van der Waals surface area (Å²) in [5.74, 6) is 0.484. The smallest absolute Gasteiger partial charge is 0.140 e. The molecule has 0 aliphatic heterocycles. The zero-order valence-corrected chi connectivity index (χ0v) is 10.9. The zero-order chi connectivity index (χ0) is 12.4. The quantitative estimate of drug-likeness (QED) is 0.945. The van der Waals surface area contributed by atoms with Gasteiger partial charge in [0.2, 0.25) is 0 Å². The van der Waals surface area contributed by atoms with Crippen LogP contribution >= 0.6 is 15.9 Å². The van der Waals surface area contributed by atoms with E-state index in [4.69, 9.17) is 5.11 Å². The Morgan fingerprint density at radius 3 is 2.59 bits per heavy atom. The van der Waals surface area contributed by atoms with Gasteiger partial charge in [-0.05, 0) is 40.2 Å². The molecule has 0 bridgehead atoms. The van der Waals surface area contributed by atoms with Crippen LogP contribution in [0.25, 0.3) is 11.4 Å². The summed E-state index contributed by atoms with van der Waals surface area (Å²) in [6, 6.07) is 6.19. The van der Waals surface area contributed by atoms with Crippen molar-refractivity contribution in [3.63, 3.8) is 0 Å². The minimum Gasteiger partial charge on any atom is -0.396 e. The van der Waals surface area contributed by atoms with Gasteiger partial charge in [0.15, 0.2) is 0 Å². The molecule has 0 amide bonds. The topological polar surface area (TPSA) is 38.0 Å². The summed E-state index contributed by atoms with van der Waals surface area (Å²) in [5, 5.41) is 8.93. The maximum atomic E-state index is 12.8. The van der Waals surface area contributed by atoms with E-state index in [2.05, 4.69) is 20.9 Å². The number of aliphatic hydroxyl groups excluding tert-OH is 1. The predicted molar refractivity (Wildman–Crippen MR) is 67.1 cm³/mol. The average Bonchev–Trinajstić information content (AvgIpc) is 2.59. The van der Waals surface area contributed by atoms with Gasteiger partial charge in [-0.15, -0.1) is 0 Å². The maximum Gasteiger partial charge on any atom is 0.140 e. The van der Waals surface area contributed by atoms with Crippen LogP contribution in [0.1, 0.15) is 5.69 Å². The van der Waals surface area contributed by atoms with Crippen molar-refractivity contribution in [1.29, 1.82) is 0 Å². The molecule has 0 aliphatic rings. The minimum atomic E-state index is -0.266. The number of imidazole rings is 1. The molecule has 0 atom stereocenters. The summed E-state index contributed by atoms with van der Waals surface area (Å²) < 4.78 is 15.6. The highest BCUT2D eigenvalue weighted by Gasteiger charge is 2.13. The van der Waals surface area contributed by atoms with Crippen LogP contribution in [-0.2, 0) is 13.5 Å². The summed E-state index contributed by atoms with van der Waals surface area (Å²) >= 11 is 3.43. The third-order valence-electron chi connectivity index (χ3n) is 2.54. The van der Waals surface area contributed by atoms with Crippen LogP contribution in [0.15, 0.2) is 28.9 Å². The molecule has 0 saturated heterocycles. The van der Waals surface area contributed by atoms with Gasteiger partial charge in [-0.3, -0.25) is 0 Å². The summed E-state index contributed by atoms with van der Waals surface area (Å²) in [4.78, 5) is 4.43. The Kier molecular flexibility index (Phi) is 3.59. The number of rotatable bonds is 3. The minimum absolute atomic E-state index is 0.0540. The Morgan fingerprint density at radius 2 is 2.00 bits per heavy atom. The van der Waals surface area contributed by atoms with Gasteiger partial charge in [0, 0.05) is 25.6 Å². The Balaban J connectivity index is 2.45. The first-order valence-corrected chi connectivity index (χ1v) is 6.00. The van der Waals surface area contributed by atoms with Gasteiger partial charge >= 0.3 is 0 Å². The van der Waals surface area contributed by atoms with E-state index < -0.39 is 0 Å². The summed E-state index contributed by atoms with van der Waals surface area (Å²) in [6.07, 6.45) is 0.496. The number of benzene rings is 1. The van der Waals surface area contributed by atoms with Gasteiger partial charge in [-0.2, -0.15) is 0 Å². The van der Waals surface area contributed by atoms with E-state index in [0.29, 0.717) is 6.42 Å². The van der Waals surface area contributed by atoms with Crippen molar-refractivity contribution in [3.8, 4) is 11.4 Å². The van der Waals surface area contributed by atoms with E-state index in [-0.39, 0.29) is 12.4 Å². The van der Waals surface area contributed by atoms with Crippen molar-refractivity contribution in [2.45, 2.75) is 6.42 Å². The van der Waals surface area contributed by atoms with E-state index in [1.807, 2.05) is 11.6 Å². The lowest BCUT2D eigenvalue weighted by Gasteiger charge is -2.01. The first kappa shape index (κ1) is 12.3. The maximum absolute atomic E-state index is 12.8. The van der Waals surface area contributed by atoms with E-state index in [1.54, 1.807) is 12.1 Å². The van der Waals surface area contributed by atoms with Crippen LogP contribution in [0.4, 0.5) is 4.39 Å². The van der Waals surface area contributed by atoms with Crippen molar-refractivity contribution < 1.29 is 9.50 Å². The molecule has 0 unspecified atom stereocenters. The van der Waals surface area contributed by atoms with Crippen molar-refractivity contribution in [1.82, 2.24) is 9.55 Å². The molecule has 2 rings (SSSR count). The van der Waals surface area contributed by atoms with E-state index in [1.165, 1.54) is 12.1 Å². The number of hydrogen-bond acceptors (Lipinski definition) is 2. The van der Waals surface area contributed by atoms with Crippen LogP contribution in [-0.4, -0.2) is 21.3 Å². The van der Waals surface area contributed by atoms with Crippen molar-refractivity contribution >= 4 is 15.9 Å². The van der Waals surface area contributed by atoms with Crippen molar-refractivity contribution in [2.24, 2.45) is 7.05 Å². The SMILES string of the molecule is Cn1c(-c2ccc(F)cc2)nc(CCO)c1Br. The summed E-state index contributed by atoms with van der Waals surface area (Å²) in [6.45, 7) is 0.0540. The van der Waals surface area contributed by atoms with Gasteiger partial charge in [0.1, 0.15) is 16.2 Å². The van der Waals surface area contributed by atoms with Crippen LogP contribution in [0, 0.1) is 5.82 Å². The Bertz CT molecular complexity index is 522. The third kappa shape index (κ3) is 2.40. The highest BCUT2D eigenvalue weighted by atomic mass is 79.9. The first-order chi connectivity index (χ1) is 8.13. The lowest BCUT2D eigenvalue weighted by molar-refractivity contribution is 0.298. The molecule has 3 nitrogen and oxygen atoms in total. The van der Waals surface area contributed by atoms with Crippen molar-refractivity contribution in [3.05, 3.63) is 40.4 Å². The number of aromatic nitrogens is 2. The number of halogens is 2. The lowest BCUT2D eigenvalue weighted by atomic mass is 10.2. The molecule has 2 aromatic rings. The third-order valence-corrected chi connectivity index (χ3v) is 3.53.